The summed E-state index contributed by atoms with van der Waals surface area (Å²) in [5.74, 6) is 1.05. The van der Waals surface area contributed by atoms with Gasteiger partial charge in [0, 0.05) is 13.2 Å². The molecule has 0 saturated carbocycles. The third-order valence-corrected chi connectivity index (χ3v) is 4.02. The zero-order valence-electron chi connectivity index (χ0n) is 12.7. The highest BCUT2D eigenvalue weighted by Crippen LogP contribution is 2.18. The topological polar surface area (TPSA) is 32.3 Å². The molecule has 19 heavy (non-hydrogen) atoms. The lowest BCUT2D eigenvalue weighted by atomic mass is 9.97. The first-order valence-corrected chi connectivity index (χ1v) is 7.61. The van der Waals surface area contributed by atoms with Crippen LogP contribution in [0.25, 0.3) is 0 Å². The van der Waals surface area contributed by atoms with Crippen molar-refractivity contribution < 1.29 is 5.11 Å². The summed E-state index contributed by atoms with van der Waals surface area (Å²) in [4.78, 5) is 0. The van der Waals surface area contributed by atoms with Gasteiger partial charge in [-0.3, -0.25) is 0 Å². The van der Waals surface area contributed by atoms with Crippen LogP contribution in [0.3, 0.4) is 0 Å². The van der Waals surface area contributed by atoms with E-state index in [2.05, 4.69) is 50.4 Å². The Balaban J connectivity index is 2.30. The van der Waals surface area contributed by atoms with Crippen LogP contribution in [0.2, 0.25) is 0 Å². The van der Waals surface area contributed by atoms with Crippen molar-refractivity contribution >= 4 is 0 Å². The fraction of sp³-hybridized carbons (Fsp3) is 0.647. The largest absolute Gasteiger partial charge is 0.396 e. The molecule has 0 saturated heterocycles. The maximum atomic E-state index is 9.11. The van der Waals surface area contributed by atoms with Crippen molar-refractivity contribution in [2.45, 2.75) is 46.0 Å². The maximum absolute atomic E-state index is 9.11. The van der Waals surface area contributed by atoms with Gasteiger partial charge in [-0.15, -0.1) is 0 Å². The zero-order chi connectivity index (χ0) is 14.1. The summed E-state index contributed by atoms with van der Waals surface area (Å²) in [7, 11) is 0. The lowest BCUT2D eigenvalue weighted by molar-refractivity contribution is 0.219. The van der Waals surface area contributed by atoms with E-state index < -0.39 is 0 Å². The van der Waals surface area contributed by atoms with E-state index >= 15 is 0 Å². The summed E-state index contributed by atoms with van der Waals surface area (Å²) in [6.07, 6.45) is 3.29. The maximum Gasteiger partial charge on any atom is 0.0471 e. The molecule has 0 aliphatic carbocycles. The molecule has 0 heterocycles. The third kappa shape index (κ3) is 5.75. The van der Waals surface area contributed by atoms with Gasteiger partial charge < -0.3 is 10.4 Å². The van der Waals surface area contributed by atoms with E-state index in [1.807, 2.05) is 0 Å². The van der Waals surface area contributed by atoms with Crippen LogP contribution in [0, 0.1) is 5.92 Å². The number of aliphatic hydroxyl groups is 1. The van der Waals surface area contributed by atoms with Gasteiger partial charge in [0.05, 0.1) is 0 Å². The molecule has 2 N–H and O–H groups in total. The Morgan fingerprint density at radius 3 is 2.32 bits per heavy atom. The molecule has 2 heteroatoms. The monoisotopic (exact) mass is 263 g/mol. The summed E-state index contributed by atoms with van der Waals surface area (Å²) in [5, 5.41) is 12.5. The lowest BCUT2D eigenvalue weighted by Gasteiger charge is -2.13. The first-order chi connectivity index (χ1) is 9.21. The number of hydrogen-bond donors (Lipinski definition) is 2. The fourth-order valence-electron chi connectivity index (χ4n) is 2.13. The summed E-state index contributed by atoms with van der Waals surface area (Å²) in [5.41, 5.74) is 2.82. The molecule has 0 amide bonds. The van der Waals surface area contributed by atoms with Crippen molar-refractivity contribution in [2.75, 3.05) is 19.7 Å². The van der Waals surface area contributed by atoms with Crippen molar-refractivity contribution in [3.63, 3.8) is 0 Å². The number of rotatable bonds is 9. The molecule has 0 spiro atoms. The lowest BCUT2D eigenvalue weighted by Crippen LogP contribution is -2.26. The molecule has 0 radical (unpaired) electrons. The quantitative estimate of drug-likeness (QED) is 0.670. The normalized spacial score (nSPS) is 14.3. The summed E-state index contributed by atoms with van der Waals surface area (Å²) >= 11 is 0. The number of hydrogen-bond acceptors (Lipinski definition) is 2. The number of aliphatic hydroxyl groups excluding tert-OH is 1. The predicted molar refractivity (Wildman–Crippen MR) is 82.6 cm³/mol. The van der Waals surface area contributed by atoms with Crippen LogP contribution in [-0.4, -0.2) is 24.8 Å². The predicted octanol–water partition coefficient (Wildman–Crippen LogP) is 3.35. The Bertz CT molecular complexity index is 330. The van der Waals surface area contributed by atoms with Gasteiger partial charge in [-0.2, -0.15) is 0 Å². The van der Waals surface area contributed by atoms with E-state index in [-0.39, 0.29) is 6.61 Å². The minimum absolute atomic E-state index is 0.285. The van der Waals surface area contributed by atoms with Gasteiger partial charge in [0.25, 0.3) is 0 Å². The van der Waals surface area contributed by atoms with Crippen LogP contribution in [0.5, 0.6) is 0 Å². The van der Waals surface area contributed by atoms with Gasteiger partial charge in [-0.1, -0.05) is 45.0 Å². The molecule has 2 unspecified atom stereocenters. The molecule has 0 aliphatic rings. The smallest absolute Gasteiger partial charge is 0.0471 e. The van der Waals surface area contributed by atoms with E-state index in [1.54, 1.807) is 0 Å². The van der Waals surface area contributed by atoms with Crippen molar-refractivity contribution in [3.05, 3.63) is 35.4 Å². The SMILES string of the molecule is CCC(CO)CNCCc1ccc(C(C)CC)cc1. The minimum atomic E-state index is 0.285. The molecule has 0 fully saturated rings. The molecule has 0 aliphatic heterocycles. The van der Waals surface area contributed by atoms with Crippen LogP contribution in [-0.2, 0) is 6.42 Å². The molecule has 1 aromatic rings. The fourth-order valence-corrected chi connectivity index (χ4v) is 2.13. The average Bonchev–Trinajstić information content (AvgIpc) is 2.47. The second-order valence-corrected chi connectivity index (χ2v) is 5.46. The first kappa shape index (κ1) is 16.2. The van der Waals surface area contributed by atoms with Crippen molar-refractivity contribution in [1.29, 1.82) is 0 Å². The highest BCUT2D eigenvalue weighted by atomic mass is 16.3. The highest BCUT2D eigenvalue weighted by molar-refractivity contribution is 5.25. The molecule has 2 nitrogen and oxygen atoms in total. The molecule has 2 atom stereocenters. The second kappa shape index (κ2) is 9.11. The molecule has 1 aromatic carbocycles. The van der Waals surface area contributed by atoms with E-state index in [4.69, 9.17) is 5.11 Å². The molecule has 1 rings (SSSR count). The molecule has 108 valence electrons. The summed E-state index contributed by atoms with van der Waals surface area (Å²) in [6.45, 7) is 8.81. The van der Waals surface area contributed by atoms with E-state index in [9.17, 15) is 0 Å². The Hall–Kier alpha value is -0.860. The Labute approximate surface area is 118 Å². The van der Waals surface area contributed by atoms with Gasteiger partial charge in [-0.05, 0) is 48.8 Å². The standard InChI is InChI=1S/C17H29NO/c1-4-14(3)17-8-6-16(7-9-17)10-11-18-12-15(5-2)13-19/h6-9,14-15,18-19H,4-5,10-13H2,1-3H3. The van der Waals surface area contributed by atoms with Crippen molar-refractivity contribution in [1.82, 2.24) is 5.32 Å². The van der Waals surface area contributed by atoms with Gasteiger partial charge >= 0.3 is 0 Å². The average molecular weight is 263 g/mol. The van der Waals surface area contributed by atoms with Gasteiger partial charge in [0.1, 0.15) is 0 Å². The van der Waals surface area contributed by atoms with Crippen LogP contribution >= 0.6 is 0 Å². The van der Waals surface area contributed by atoms with Crippen LogP contribution in [0.15, 0.2) is 24.3 Å². The van der Waals surface area contributed by atoms with Crippen LogP contribution in [0.1, 0.15) is 50.7 Å². The van der Waals surface area contributed by atoms with Crippen LogP contribution < -0.4 is 5.32 Å². The Kier molecular flexibility index (Phi) is 7.76. The Morgan fingerprint density at radius 2 is 1.79 bits per heavy atom. The summed E-state index contributed by atoms with van der Waals surface area (Å²) in [6, 6.07) is 9.00. The molecule has 0 aromatic heterocycles. The van der Waals surface area contributed by atoms with Crippen LogP contribution in [0.4, 0.5) is 0 Å². The molecule has 0 bridgehead atoms. The number of benzene rings is 1. The third-order valence-electron chi connectivity index (χ3n) is 4.02. The van der Waals surface area contributed by atoms with Crippen molar-refractivity contribution in [3.8, 4) is 0 Å². The van der Waals surface area contributed by atoms with Gasteiger partial charge in [-0.25, -0.2) is 0 Å². The molecular formula is C17H29NO. The van der Waals surface area contributed by atoms with E-state index in [0.29, 0.717) is 11.8 Å². The van der Waals surface area contributed by atoms with Gasteiger partial charge in [0.2, 0.25) is 0 Å². The zero-order valence-corrected chi connectivity index (χ0v) is 12.7. The van der Waals surface area contributed by atoms with E-state index in [0.717, 1.165) is 25.9 Å². The highest BCUT2D eigenvalue weighted by Gasteiger charge is 2.04. The second-order valence-electron chi connectivity index (χ2n) is 5.46. The first-order valence-electron chi connectivity index (χ1n) is 7.61. The van der Waals surface area contributed by atoms with Crippen molar-refractivity contribution in [2.24, 2.45) is 5.92 Å². The number of nitrogens with one attached hydrogen (secondary N) is 1. The molecular weight excluding hydrogens is 234 g/mol. The van der Waals surface area contributed by atoms with Gasteiger partial charge in [0.15, 0.2) is 0 Å². The Morgan fingerprint density at radius 1 is 1.11 bits per heavy atom. The minimum Gasteiger partial charge on any atom is -0.396 e. The van der Waals surface area contributed by atoms with E-state index in [1.165, 1.54) is 17.5 Å². The summed E-state index contributed by atoms with van der Waals surface area (Å²) < 4.78 is 0.